The highest BCUT2D eigenvalue weighted by Crippen LogP contribution is 2.24. The van der Waals surface area contributed by atoms with Crippen LogP contribution in [0.1, 0.15) is 18.7 Å². The second-order valence-corrected chi connectivity index (χ2v) is 5.58. The first-order valence-electron chi connectivity index (χ1n) is 7.82. The third kappa shape index (κ3) is 4.84. The largest absolute Gasteiger partial charge is 0.497 e. The molecular formula is C17H18F3N3O3. The average Bonchev–Trinajstić information content (AvgIpc) is 2.61. The van der Waals surface area contributed by atoms with Crippen molar-refractivity contribution in [2.75, 3.05) is 7.11 Å². The summed E-state index contributed by atoms with van der Waals surface area (Å²) in [6.45, 7) is 0.990. The van der Waals surface area contributed by atoms with E-state index in [4.69, 9.17) is 20.0 Å². The van der Waals surface area contributed by atoms with Gasteiger partial charge in [-0.2, -0.15) is 13.2 Å². The van der Waals surface area contributed by atoms with Crippen LogP contribution in [0, 0.1) is 5.41 Å². The topological polar surface area (TPSA) is 88.2 Å². The fourth-order valence-corrected chi connectivity index (χ4v) is 2.57. The molecule has 0 bridgehead atoms. The predicted octanol–water partition coefficient (Wildman–Crippen LogP) is 3.01. The van der Waals surface area contributed by atoms with Crippen molar-refractivity contribution >= 4 is 5.97 Å². The van der Waals surface area contributed by atoms with Crippen molar-refractivity contribution in [3.63, 3.8) is 0 Å². The highest BCUT2D eigenvalue weighted by molar-refractivity contribution is 5.73. The Balaban J connectivity index is 0.000000298. The molecule has 1 aliphatic heterocycles. The number of fused-ring (bicyclic) bond motifs is 1. The third-order valence-corrected chi connectivity index (χ3v) is 3.79. The van der Waals surface area contributed by atoms with Gasteiger partial charge in [0.2, 0.25) is 0 Å². The van der Waals surface area contributed by atoms with Gasteiger partial charge < -0.3 is 14.4 Å². The van der Waals surface area contributed by atoms with E-state index < -0.39 is 12.1 Å². The molecule has 0 fully saturated rings. The monoisotopic (exact) mass is 369 g/mol. The SMILES string of the molecule is COc1ccc(-c2cc(=N)nc3n2CCCC3)cc1.O=C(O)C(F)(F)F. The van der Waals surface area contributed by atoms with Gasteiger partial charge in [-0.1, -0.05) is 0 Å². The molecule has 0 amide bonds. The van der Waals surface area contributed by atoms with Gasteiger partial charge >= 0.3 is 12.1 Å². The first-order valence-corrected chi connectivity index (χ1v) is 7.82. The lowest BCUT2D eigenvalue weighted by Gasteiger charge is -2.22. The Morgan fingerprint density at radius 1 is 1.27 bits per heavy atom. The lowest BCUT2D eigenvalue weighted by Crippen LogP contribution is -2.22. The number of alkyl halides is 3. The van der Waals surface area contributed by atoms with E-state index in [1.807, 2.05) is 30.3 Å². The standard InChI is InChI=1S/C15H17N3O.C2HF3O2/c1-19-12-7-5-11(6-8-12)13-10-14(16)17-15-4-2-3-9-18(13)15;3-2(4,5)1(6)7/h5-8,10,16H,2-4,9H2,1H3;(H,6,7). The predicted molar refractivity (Wildman–Crippen MR) is 86.7 cm³/mol. The van der Waals surface area contributed by atoms with E-state index in [1.165, 1.54) is 12.8 Å². The van der Waals surface area contributed by atoms with E-state index in [2.05, 4.69) is 9.55 Å². The molecule has 0 spiro atoms. The first-order chi connectivity index (χ1) is 12.2. The molecule has 1 aliphatic rings. The molecule has 3 rings (SSSR count). The number of nitrogens with one attached hydrogen (secondary N) is 1. The minimum absolute atomic E-state index is 0.346. The van der Waals surface area contributed by atoms with Crippen LogP contribution in [0.25, 0.3) is 11.3 Å². The van der Waals surface area contributed by atoms with Crippen LogP contribution in [-0.4, -0.2) is 33.9 Å². The molecule has 0 atom stereocenters. The quantitative estimate of drug-likeness (QED) is 0.852. The average molecular weight is 369 g/mol. The summed E-state index contributed by atoms with van der Waals surface area (Å²) < 4.78 is 39.2. The van der Waals surface area contributed by atoms with Crippen LogP contribution >= 0.6 is 0 Å². The number of carboxylic acid groups (broad SMARTS) is 1. The number of nitrogens with zero attached hydrogens (tertiary/aromatic N) is 2. The second kappa shape index (κ2) is 8.03. The van der Waals surface area contributed by atoms with Crippen molar-refractivity contribution in [3.05, 3.63) is 41.6 Å². The molecule has 1 aromatic carbocycles. The molecule has 2 aromatic rings. The Morgan fingerprint density at radius 2 is 1.88 bits per heavy atom. The van der Waals surface area contributed by atoms with Crippen LogP contribution in [0.3, 0.4) is 0 Å². The zero-order valence-corrected chi connectivity index (χ0v) is 14.0. The number of aryl methyl sites for hydroxylation is 1. The Hall–Kier alpha value is -2.84. The first kappa shape index (κ1) is 19.5. The lowest BCUT2D eigenvalue weighted by atomic mass is 10.1. The van der Waals surface area contributed by atoms with Crippen molar-refractivity contribution < 1.29 is 27.8 Å². The van der Waals surface area contributed by atoms with E-state index in [-0.39, 0.29) is 0 Å². The number of methoxy groups -OCH3 is 1. The third-order valence-electron chi connectivity index (χ3n) is 3.79. The number of aromatic nitrogens is 2. The van der Waals surface area contributed by atoms with E-state index >= 15 is 0 Å². The fraction of sp³-hybridized carbons (Fsp3) is 0.353. The van der Waals surface area contributed by atoms with Crippen LogP contribution in [-0.2, 0) is 17.8 Å². The molecule has 9 heteroatoms. The van der Waals surface area contributed by atoms with Crippen molar-refractivity contribution in [3.8, 4) is 17.0 Å². The Labute approximate surface area is 147 Å². The molecule has 0 saturated heterocycles. The Bertz CT molecular complexity index is 830. The molecule has 26 heavy (non-hydrogen) atoms. The maximum absolute atomic E-state index is 10.6. The van der Waals surface area contributed by atoms with Crippen LogP contribution in [0.5, 0.6) is 5.75 Å². The summed E-state index contributed by atoms with van der Waals surface area (Å²) in [5.41, 5.74) is 2.54. The number of rotatable bonds is 2. The second-order valence-electron chi connectivity index (χ2n) is 5.58. The minimum atomic E-state index is -5.08. The Kier molecular flexibility index (Phi) is 6.01. The van der Waals surface area contributed by atoms with Gasteiger partial charge in [0.15, 0.2) is 0 Å². The van der Waals surface area contributed by atoms with Gasteiger partial charge in [-0.3, -0.25) is 5.41 Å². The number of halogens is 3. The smallest absolute Gasteiger partial charge is 0.490 e. The van der Waals surface area contributed by atoms with Gasteiger partial charge in [-0.05, 0) is 42.7 Å². The highest BCUT2D eigenvalue weighted by Gasteiger charge is 2.38. The summed E-state index contributed by atoms with van der Waals surface area (Å²) in [5.74, 6) is -0.875. The fourth-order valence-electron chi connectivity index (χ4n) is 2.57. The zero-order valence-electron chi connectivity index (χ0n) is 14.0. The lowest BCUT2D eigenvalue weighted by molar-refractivity contribution is -0.192. The van der Waals surface area contributed by atoms with Crippen molar-refractivity contribution in [2.24, 2.45) is 0 Å². The summed E-state index contributed by atoms with van der Waals surface area (Å²) in [6, 6.07) is 9.83. The van der Waals surface area contributed by atoms with Gasteiger partial charge in [-0.15, -0.1) is 0 Å². The Morgan fingerprint density at radius 3 is 2.42 bits per heavy atom. The number of aliphatic carboxylic acids is 1. The van der Waals surface area contributed by atoms with E-state index in [9.17, 15) is 13.2 Å². The molecule has 0 radical (unpaired) electrons. The number of benzene rings is 1. The minimum Gasteiger partial charge on any atom is -0.497 e. The summed E-state index contributed by atoms with van der Waals surface area (Å²) in [5, 5.41) is 15.0. The van der Waals surface area contributed by atoms with E-state index in [0.717, 1.165) is 35.8 Å². The highest BCUT2D eigenvalue weighted by atomic mass is 19.4. The van der Waals surface area contributed by atoms with Crippen LogP contribution in [0.15, 0.2) is 30.3 Å². The summed E-state index contributed by atoms with van der Waals surface area (Å²) in [4.78, 5) is 13.2. The van der Waals surface area contributed by atoms with Gasteiger partial charge in [-0.25, -0.2) is 9.78 Å². The van der Waals surface area contributed by atoms with Gasteiger partial charge in [0.05, 0.1) is 12.8 Å². The van der Waals surface area contributed by atoms with Crippen molar-refractivity contribution in [1.29, 1.82) is 5.41 Å². The summed E-state index contributed by atoms with van der Waals surface area (Å²) in [7, 11) is 1.67. The zero-order chi connectivity index (χ0) is 19.3. The van der Waals surface area contributed by atoms with Crippen LogP contribution < -0.4 is 10.2 Å². The molecule has 2 N–H and O–H groups in total. The molecule has 140 valence electrons. The van der Waals surface area contributed by atoms with Crippen LogP contribution in [0.2, 0.25) is 0 Å². The van der Waals surface area contributed by atoms with E-state index in [0.29, 0.717) is 5.49 Å². The van der Waals surface area contributed by atoms with Crippen molar-refractivity contribution in [1.82, 2.24) is 9.55 Å². The molecule has 6 nitrogen and oxygen atoms in total. The number of carboxylic acids is 1. The van der Waals surface area contributed by atoms with Crippen LogP contribution in [0.4, 0.5) is 13.2 Å². The van der Waals surface area contributed by atoms with Gasteiger partial charge in [0, 0.05) is 19.0 Å². The molecular weight excluding hydrogens is 351 g/mol. The van der Waals surface area contributed by atoms with E-state index in [1.54, 1.807) is 7.11 Å². The van der Waals surface area contributed by atoms with Gasteiger partial charge in [0.25, 0.3) is 0 Å². The summed E-state index contributed by atoms with van der Waals surface area (Å²) >= 11 is 0. The number of hydrogen-bond donors (Lipinski definition) is 2. The summed E-state index contributed by atoms with van der Waals surface area (Å²) in [6.07, 6.45) is -1.77. The number of ether oxygens (including phenoxy) is 1. The number of carbonyl (C=O) groups is 1. The maximum atomic E-state index is 10.6. The maximum Gasteiger partial charge on any atom is 0.490 e. The molecule has 0 saturated carbocycles. The number of hydrogen-bond acceptors (Lipinski definition) is 4. The molecule has 0 aliphatic carbocycles. The van der Waals surface area contributed by atoms with Crippen molar-refractivity contribution in [2.45, 2.75) is 32.0 Å². The van der Waals surface area contributed by atoms with Gasteiger partial charge in [0.1, 0.15) is 17.1 Å². The molecule has 2 heterocycles. The molecule has 1 aromatic heterocycles. The molecule has 0 unspecified atom stereocenters. The normalized spacial score (nSPS) is 13.2.